The molecule has 138 valence electrons. The standard InChI is InChI=1S/C22H25N5/c1-27-10-15(21(26-27)11-2-3-11)22-19-13-5-4-12(8-13)18(19)20-14-9-23-25-16(14)6-7-17(20)24-22/h6-7,9-13,18-19,22,24H,2-5,8H2,1H3,(H,23,25)/t12-,13+,18+,19-,22+/m1/s1. The molecule has 2 bridgehead atoms. The Balaban J connectivity index is 1.44. The topological polar surface area (TPSA) is 58.5 Å². The largest absolute Gasteiger partial charge is 0.378 e. The number of aromatic nitrogens is 4. The molecule has 2 N–H and O–H groups in total. The highest BCUT2D eigenvalue weighted by atomic mass is 15.3. The highest BCUT2D eigenvalue weighted by Crippen LogP contribution is 2.65. The van der Waals surface area contributed by atoms with Gasteiger partial charge in [-0.2, -0.15) is 10.2 Å². The van der Waals surface area contributed by atoms with E-state index in [1.165, 1.54) is 65.5 Å². The summed E-state index contributed by atoms with van der Waals surface area (Å²) in [6.07, 6.45) is 11.2. The molecule has 4 aliphatic rings. The highest BCUT2D eigenvalue weighted by molar-refractivity contribution is 5.88. The van der Waals surface area contributed by atoms with Gasteiger partial charge in [-0.05, 0) is 73.5 Å². The second kappa shape index (κ2) is 4.94. The van der Waals surface area contributed by atoms with Crippen LogP contribution in [-0.4, -0.2) is 20.0 Å². The van der Waals surface area contributed by atoms with Crippen molar-refractivity contribution in [3.8, 4) is 0 Å². The van der Waals surface area contributed by atoms with Crippen LogP contribution in [0, 0.1) is 17.8 Å². The summed E-state index contributed by atoms with van der Waals surface area (Å²) in [5, 5.41) is 17.7. The smallest absolute Gasteiger partial charge is 0.0708 e. The van der Waals surface area contributed by atoms with Crippen molar-refractivity contribution in [1.82, 2.24) is 20.0 Å². The van der Waals surface area contributed by atoms with E-state index < -0.39 is 0 Å². The lowest BCUT2D eigenvalue weighted by atomic mass is 9.67. The number of nitrogens with zero attached hydrogens (tertiary/aromatic N) is 3. The molecule has 1 aliphatic heterocycles. The average molecular weight is 359 g/mol. The first-order valence-electron chi connectivity index (χ1n) is 10.5. The van der Waals surface area contributed by atoms with Crippen molar-refractivity contribution >= 4 is 16.6 Å². The summed E-state index contributed by atoms with van der Waals surface area (Å²) >= 11 is 0. The molecule has 5 atom stereocenters. The van der Waals surface area contributed by atoms with Crippen molar-refractivity contribution in [2.24, 2.45) is 24.8 Å². The van der Waals surface area contributed by atoms with Crippen molar-refractivity contribution in [2.45, 2.75) is 50.0 Å². The summed E-state index contributed by atoms with van der Waals surface area (Å²) < 4.78 is 2.04. The molecular formula is C22H25N5. The van der Waals surface area contributed by atoms with E-state index in [1.54, 1.807) is 0 Å². The summed E-state index contributed by atoms with van der Waals surface area (Å²) in [5.41, 5.74) is 6.88. The van der Waals surface area contributed by atoms with Gasteiger partial charge in [-0.3, -0.25) is 9.78 Å². The van der Waals surface area contributed by atoms with E-state index in [0.717, 1.165) is 11.8 Å². The maximum absolute atomic E-state index is 4.88. The first-order valence-corrected chi connectivity index (χ1v) is 10.5. The number of rotatable bonds is 2. The molecule has 27 heavy (non-hydrogen) atoms. The maximum Gasteiger partial charge on any atom is 0.0708 e. The molecule has 0 spiro atoms. The summed E-state index contributed by atoms with van der Waals surface area (Å²) in [5.74, 6) is 3.74. The number of benzene rings is 1. The van der Waals surface area contributed by atoms with Crippen LogP contribution in [0.2, 0.25) is 0 Å². The number of fused-ring (bicyclic) bond motifs is 9. The van der Waals surface area contributed by atoms with Gasteiger partial charge in [-0.1, -0.05) is 0 Å². The molecule has 3 aliphatic carbocycles. The van der Waals surface area contributed by atoms with Gasteiger partial charge in [0.1, 0.15) is 0 Å². The lowest BCUT2D eigenvalue weighted by Crippen LogP contribution is -2.35. The molecule has 1 aromatic carbocycles. The van der Waals surface area contributed by atoms with Crippen molar-refractivity contribution in [2.75, 3.05) is 5.32 Å². The van der Waals surface area contributed by atoms with Crippen LogP contribution in [0.5, 0.6) is 0 Å². The first-order chi connectivity index (χ1) is 13.3. The first kappa shape index (κ1) is 14.7. The van der Waals surface area contributed by atoms with Crippen molar-refractivity contribution < 1.29 is 0 Å². The van der Waals surface area contributed by atoms with Crippen molar-refractivity contribution in [3.63, 3.8) is 0 Å². The molecule has 5 nitrogen and oxygen atoms in total. The van der Waals surface area contributed by atoms with Gasteiger partial charge in [0.25, 0.3) is 0 Å². The summed E-state index contributed by atoms with van der Waals surface area (Å²) in [6, 6.07) is 4.87. The quantitative estimate of drug-likeness (QED) is 0.710. The second-order valence-electron chi connectivity index (χ2n) is 9.33. The number of hydrogen-bond acceptors (Lipinski definition) is 3. The van der Waals surface area contributed by atoms with Gasteiger partial charge >= 0.3 is 0 Å². The third-order valence-electron chi connectivity index (χ3n) is 7.86. The molecule has 3 fully saturated rings. The number of aromatic amines is 1. The number of aryl methyl sites for hydroxylation is 1. The van der Waals surface area contributed by atoms with Crippen molar-refractivity contribution in [3.05, 3.63) is 41.3 Å². The van der Waals surface area contributed by atoms with E-state index in [4.69, 9.17) is 5.10 Å². The van der Waals surface area contributed by atoms with Gasteiger partial charge in [0, 0.05) is 35.8 Å². The number of H-pyrrole nitrogens is 1. The van der Waals surface area contributed by atoms with E-state index in [9.17, 15) is 0 Å². The minimum atomic E-state index is 0.409. The SMILES string of the molecule is Cn1cc([C@@H]2Nc3ccc4[nH]ncc4c3[C@H]3[C@@H]4CC[C@@H](C4)[C@H]32)c(C2CC2)n1. The van der Waals surface area contributed by atoms with Crippen LogP contribution in [0.3, 0.4) is 0 Å². The Morgan fingerprint density at radius 2 is 2.00 bits per heavy atom. The molecule has 2 aromatic heterocycles. The Morgan fingerprint density at radius 3 is 2.89 bits per heavy atom. The van der Waals surface area contributed by atoms with Crippen LogP contribution >= 0.6 is 0 Å². The molecule has 0 amide bonds. The van der Waals surface area contributed by atoms with Crippen LogP contribution in [0.15, 0.2) is 24.5 Å². The fourth-order valence-electron chi connectivity index (χ4n) is 6.75. The minimum Gasteiger partial charge on any atom is -0.378 e. The summed E-state index contributed by atoms with van der Waals surface area (Å²) in [6.45, 7) is 0. The van der Waals surface area contributed by atoms with E-state index in [1.807, 2.05) is 10.9 Å². The maximum atomic E-state index is 4.88. The Labute approximate surface area is 158 Å². The van der Waals surface area contributed by atoms with Crippen LogP contribution in [0.4, 0.5) is 5.69 Å². The fraction of sp³-hybridized carbons (Fsp3) is 0.545. The van der Waals surface area contributed by atoms with Crippen LogP contribution in [0.25, 0.3) is 10.9 Å². The van der Waals surface area contributed by atoms with Gasteiger partial charge in [-0.15, -0.1) is 0 Å². The highest BCUT2D eigenvalue weighted by Gasteiger charge is 2.55. The predicted octanol–water partition coefficient (Wildman–Crippen LogP) is 4.47. The lowest BCUT2D eigenvalue weighted by molar-refractivity contribution is 0.248. The van der Waals surface area contributed by atoms with Gasteiger partial charge in [0.05, 0.1) is 23.4 Å². The zero-order chi connectivity index (χ0) is 17.7. The van der Waals surface area contributed by atoms with E-state index >= 15 is 0 Å². The van der Waals surface area contributed by atoms with E-state index in [2.05, 4.69) is 40.9 Å². The zero-order valence-corrected chi connectivity index (χ0v) is 15.7. The number of anilines is 1. The Kier molecular flexibility index (Phi) is 2.70. The Hall–Kier alpha value is -2.30. The third-order valence-corrected chi connectivity index (χ3v) is 7.86. The van der Waals surface area contributed by atoms with Gasteiger partial charge in [0.15, 0.2) is 0 Å². The molecule has 3 saturated carbocycles. The summed E-state index contributed by atoms with van der Waals surface area (Å²) in [7, 11) is 2.08. The molecule has 0 unspecified atom stereocenters. The molecule has 5 heteroatoms. The van der Waals surface area contributed by atoms with Gasteiger partial charge in [0.2, 0.25) is 0 Å². The summed E-state index contributed by atoms with van der Waals surface area (Å²) in [4.78, 5) is 0. The van der Waals surface area contributed by atoms with Gasteiger partial charge in [-0.25, -0.2) is 0 Å². The van der Waals surface area contributed by atoms with E-state index in [-0.39, 0.29) is 0 Å². The number of nitrogens with one attached hydrogen (secondary N) is 2. The monoisotopic (exact) mass is 359 g/mol. The molecule has 0 radical (unpaired) electrons. The number of hydrogen-bond donors (Lipinski definition) is 2. The van der Waals surface area contributed by atoms with Gasteiger partial charge < -0.3 is 5.32 Å². The van der Waals surface area contributed by atoms with E-state index in [0.29, 0.717) is 23.8 Å². The average Bonchev–Trinajstić information content (AvgIpc) is 3.08. The molecule has 3 aromatic rings. The van der Waals surface area contributed by atoms with Crippen molar-refractivity contribution in [1.29, 1.82) is 0 Å². The molecule has 7 rings (SSSR count). The Morgan fingerprint density at radius 1 is 1.11 bits per heavy atom. The lowest BCUT2D eigenvalue weighted by Gasteiger charge is -2.43. The van der Waals surface area contributed by atoms with Crippen LogP contribution in [-0.2, 0) is 7.05 Å². The zero-order valence-electron chi connectivity index (χ0n) is 15.7. The van der Waals surface area contributed by atoms with Crippen LogP contribution in [0.1, 0.15) is 66.8 Å². The Bertz CT molecular complexity index is 1060. The third kappa shape index (κ3) is 1.90. The molecule has 0 saturated heterocycles. The normalized spacial score (nSPS) is 33.9. The minimum absolute atomic E-state index is 0.409. The molecule has 3 heterocycles. The molecular weight excluding hydrogens is 334 g/mol. The second-order valence-corrected chi connectivity index (χ2v) is 9.33. The van der Waals surface area contributed by atoms with Crippen LogP contribution < -0.4 is 5.32 Å². The predicted molar refractivity (Wildman–Crippen MR) is 105 cm³/mol. The fourth-order valence-corrected chi connectivity index (χ4v) is 6.75.